The molecule has 2 atom stereocenters. The van der Waals surface area contributed by atoms with Crippen LogP contribution in [0.4, 0.5) is 5.69 Å². The molecule has 1 unspecified atom stereocenters. The summed E-state index contributed by atoms with van der Waals surface area (Å²) in [5, 5.41) is 10.3. The van der Waals surface area contributed by atoms with Crippen LogP contribution in [0.5, 0.6) is 11.5 Å². The zero-order valence-corrected chi connectivity index (χ0v) is 19.0. The molecule has 0 bridgehead atoms. The maximum atomic E-state index is 13.2. The van der Waals surface area contributed by atoms with Crippen molar-refractivity contribution in [2.24, 2.45) is 0 Å². The minimum atomic E-state index is -1.96. The number of nitrogens with two attached hydrogens (primary N) is 1. The van der Waals surface area contributed by atoms with E-state index in [0.29, 0.717) is 35.8 Å². The summed E-state index contributed by atoms with van der Waals surface area (Å²) >= 11 is 0. The number of carbonyl (C=O) groups excluding carboxylic acids is 1. The Balaban J connectivity index is 2.24. The van der Waals surface area contributed by atoms with Crippen LogP contribution in [-0.2, 0) is 4.43 Å². The summed E-state index contributed by atoms with van der Waals surface area (Å²) in [7, 11) is 1.07. The molecule has 1 aliphatic heterocycles. The number of rotatable bonds is 6. The fourth-order valence-corrected chi connectivity index (χ4v) is 4.10. The van der Waals surface area contributed by atoms with E-state index in [-0.39, 0.29) is 23.5 Å². The first-order valence-corrected chi connectivity index (χ1v) is 12.5. The molecule has 28 heavy (non-hydrogen) atoms. The van der Waals surface area contributed by atoms with Gasteiger partial charge in [0.2, 0.25) is 0 Å². The maximum absolute atomic E-state index is 13.2. The fourth-order valence-electron chi connectivity index (χ4n) is 3.05. The van der Waals surface area contributed by atoms with Crippen LogP contribution in [0.25, 0.3) is 0 Å². The van der Waals surface area contributed by atoms with Crippen LogP contribution >= 0.6 is 0 Å². The molecule has 0 saturated carbocycles. The van der Waals surface area contributed by atoms with Gasteiger partial charge in [-0.3, -0.25) is 4.79 Å². The van der Waals surface area contributed by atoms with Gasteiger partial charge in [-0.05, 0) is 30.6 Å². The van der Waals surface area contributed by atoms with Crippen LogP contribution in [0, 0.1) is 0 Å². The van der Waals surface area contributed by atoms with Crippen LogP contribution in [0.15, 0.2) is 12.1 Å². The van der Waals surface area contributed by atoms with Crippen molar-refractivity contribution >= 4 is 19.9 Å². The van der Waals surface area contributed by atoms with E-state index in [0.717, 1.165) is 0 Å². The van der Waals surface area contributed by atoms with Crippen LogP contribution in [0.3, 0.4) is 0 Å². The topological polar surface area (TPSA) is 94.3 Å². The molecule has 8 heteroatoms. The maximum Gasteiger partial charge on any atom is 0.256 e. The molecule has 1 aliphatic rings. The Morgan fingerprint density at radius 3 is 2.36 bits per heavy atom. The first-order chi connectivity index (χ1) is 12.9. The highest BCUT2D eigenvalue weighted by Crippen LogP contribution is 2.38. The second-order valence-corrected chi connectivity index (χ2v) is 13.7. The fraction of sp³-hybridized carbons (Fsp3) is 0.650. The van der Waals surface area contributed by atoms with Crippen molar-refractivity contribution in [3.05, 3.63) is 17.7 Å². The molecule has 0 aliphatic carbocycles. The number of hydrogen-bond acceptors (Lipinski definition) is 6. The molecule has 0 radical (unpaired) electrons. The number of aliphatic hydroxyl groups excluding tert-OH is 1. The summed E-state index contributed by atoms with van der Waals surface area (Å²) in [4.78, 5) is 14.9. The summed E-state index contributed by atoms with van der Waals surface area (Å²) in [5.74, 6) is 0.670. The first kappa shape index (κ1) is 22.5. The lowest BCUT2D eigenvalue weighted by Crippen LogP contribution is -2.46. The summed E-state index contributed by atoms with van der Waals surface area (Å²) < 4.78 is 16.9. The normalized spacial score (nSPS) is 20.4. The van der Waals surface area contributed by atoms with Gasteiger partial charge in [0.05, 0.1) is 38.5 Å². The number of nitrogen functional groups attached to an aromatic ring is 1. The molecule has 158 valence electrons. The largest absolute Gasteiger partial charge is 0.493 e. The number of nitrogens with zero attached hydrogens (tertiary/aromatic N) is 1. The zero-order valence-electron chi connectivity index (χ0n) is 18.0. The second-order valence-electron chi connectivity index (χ2n) is 8.87. The van der Waals surface area contributed by atoms with Gasteiger partial charge in [-0.25, -0.2) is 0 Å². The van der Waals surface area contributed by atoms with Gasteiger partial charge in [0.1, 0.15) is 0 Å². The average Bonchev–Trinajstić information content (AvgIpc) is 2.99. The molecule has 1 heterocycles. The van der Waals surface area contributed by atoms with E-state index >= 15 is 0 Å². The van der Waals surface area contributed by atoms with Gasteiger partial charge in [0.15, 0.2) is 19.8 Å². The van der Waals surface area contributed by atoms with Gasteiger partial charge >= 0.3 is 0 Å². The third-order valence-corrected chi connectivity index (χ3v) is 10.4. The van der Waals surface area contributed by atoms with Crippen molar-refractivity contribution in [3.63, 3.8) is 0 Å². The van der Waals surface area contributed by atoms with Gasteiger partial charge in [0.25, 0.3) is 5.91 Å². The summed E-state index contributed by atoms with van der Waals surface area (Å²) in [6.45, 7) is 11.6. The number of likely N-dealkylation sites (tertiary alicyclic amines) is 1. The highest BCUT2D eigenvalue weighted by Gasteiger charge is 2.41. The van der Waals surface area contributed by atoms with E-state index in [1.165, 1.54) is 14.2 Å². The molecule has 1 saturated heterocycles. The highest BCUT2D eigenvalue weighted by molar-refractivity contribution is 6.74. The highest BCUT2D eigenvalue weighted by atomic mass is 28.4. The van der Waals surface area contributed by atoms with E-state index in [9.17, 15) is 9.90 Å². The molecule has 1 amide bonds. The van der Waals surface area contributed by atoms with Crippen LogP contribution in [-0.4, -0.2) is 63.7 Å². The number of carbonyl (C=O) groups is 1. The van der Waals surface area contributed by atoms with Crippen LogP contribution in [0.2, 0.25) is 18.1 Å². The van der Waals surface area contributed by atoms with Crippen LogP contribution in [0.1, 0.15) is 37.6 Å². The van der Waals surface area contributed by atoms with Crippen molar-refractivity contribution < 1.29 is 23.8 Å². The zero-order chi connectivity index (χ0) is 21.3. The predicted octanol–water partition coefficient (Wildman–Crippen LogP) is 2.88. The molecule has 1 fully saturated rings. The third kappa shape index (κ3) is 4.61. The molecule has 2 rings (SSSR count). The Morgan fingerprint density at radius 2 is 1.82 bits per heavy atom. The van der Waals surface area contributed by atoms with Crippen LogP contribution < -0.4 is 15.2 Å². The van der Waals surface area contributed by atoms with Crippen molar-refractivity contribution in [2.45, 2.75) is 57.5 Å². The van der Waals surface area contributed by atoms with Gasteiger partial charge < -0.3 is 29.6 Å². The number of ether oxygens (including phenoxy) is 2. The Morgan fingerprint density at radius 1 is 1.25 bits per heavy atom. The number of benzene rings is 1. The number of β-amino-alcohol motifs (C(OH)–C–C–N with tert-alkyl or cyclic N) is 1. The quantitative estimate of drug-likeness (QED) is 0.553. The lowest BCUT2D eigenvalue weighted by atomic mass is 10.1. The minimum Gasteiger partial charge on any atom is -0.493 e. The van der Waals surface area contributed by atoms with E-state index in [2.05, 4.69) is 33.9 Å². The van der Waals surface area contributed by atoms with E-state index in [4.69, 9.17) is 19.6 Å². The Labute approximate surface area is 168 Å². The third-order valence-electron chi connectivity index (χ3n) is 5.88. The molecule has 1 aromatic rings. The van der Waals surface area contributed by atoms with Crippen molar-refractivity contribution in [1.29, 1.82) is 0 Å². The Bertz CT molecular complexity index is 717. The SMILES string of the molecule is COc1cc(N)c(C(=O)N2C[C@H](O)CC2CO[Si](C)(C)C(C)(C)C)cc1OC. The first-order valence-electron chi connectivity index (χ1n) is 9.55. The van der Waals surface area contributed by atoms with Crippen molar-refractivity contribution in [2.75, 3.05) is 33.1 Å². The Hall–Kier alpha value is -1.77. The monoisotopic (exact) mass is 410 g/mol. The number of amides is 1. The number of methoxy groups -OCH3 is 2. The molecular formula is C20H34N2O5Si. The number of aliphatic hydroxyl groups is 1. The molecule has 1 aromatic carbocycles. The van der Waals surface area contributed by atoms with Gasteiger partial charge in [-0.2, -0.15) is 0 Å². The van der Waals surface area contributed by atoms with Crippen molar-refractivity contribution in [3.8, 4) is 11.5 Å². The second kappa shape index (κ2) is 8.30. The lowest BCUT2D eigenvalue weighted by Gasteiger charge is -2.38. The summed E-state index contributed by atoms with van der Waals surface area (Å²) in [6, 6.07) is 2.98. The number of anilines is 1. The van der Waals surface area contributed by atoms with Crippen molar-refractivity contribution in [1.82, 2.24) is 4.90 Å². The van der Waals surface area contributed by atoms with E-state index < -0.39 is 14.4 Å². The summed E-state index contributed by atoms with van der Waals surface area (Å²) in [6.07, 6.45) is -0.0774. The van der Waals surface area contributed by atoms with E-state index in [1.807, 2.05) is 0 Å². The molecule has 3 N–H and O–H groups in total. The van der Waals surface area contributed by atoms with Gasteiger partial charge in [-0.1, -0.05) is 20.8 Å². The average molecular weight is 411 g/mol. The Kier molecular flexibility index (Phi) is 6.68. The standard InChI is InChI=1S/C20H34N2O5Si/c1-20(2,3)28(6,7)27-12-13-8-14(23)11-22(13)19(24)15-9-17(25-4)18(26-5)10-16(15)21/h9-10,13-14,23H,8,11-12,21H2,1-7H3/t13?,14-/m1/s1. The molecular weight excluding hydrogens is 376 g/mol. The van der Waals surface area contributed by atoms with Gasteiger partial charge in [0, 0.05) is 18.3 Å². The summed E-state index contributed by atoms with van der Waals surface area (Å²) in [5.41, 5.74) is 6.75. The molecule has 0 aromatic heterocycles. The number of hydrogen-bond donors (Lipinski definition) is 2. The molecule has 0 spiro atoms. The minimum absolute atomic E-state index is 0.0762. The van der Waals surface area contributed by atoms with Gasteiger partial charge in [-0.15, -0.1) is 0 Å². The predicted molar refractivity (Wildman–Crippen MR) is 113 cm³/mol. The lowest BCUT2D eigenvalue weighted by molar-refractivity contribution is 0.0671. The molecule has 7 nitrogen and oxygen atoms in total. The van der Waals surface area contributed by atoms with E-state index in [1.54, 1.807) is 17.0 Å². The smallest absolute Gasteiger partial charge is 0.256 e.